The molecule has 2 aromatic carbocycles. The van der Waals surface area contributed by atoms with Crippen LogP contribution >= 0.6 is 63.0 Å². The van der Waals surface area contributed by atoms with Crippen molar-refractivity contribution >= 4 is 85.3 Å². The Morgan fingerprint density at radius 3 is 2.14 bits per heavy atom. The van der Waals surface area contributed by atoms with Gasteiger partial charge in [0, 0.05) is 27.9 Å². The van der Waals surface area contributed by atoms with E-state index in [9.17, 15) is 14.9 Å². The molecule has 0 fully saturated rings. The van der Waals surface area contributed by atoms with Crippen molar-refractivity contribution in [3.05, 3.63) is 68.7 Å². The van der Waals surface area contributed by atoms with E-state index in [0.29, 0.717) is 5.69 Å². The van der Waals surface area contributed by atoms with Crippen LogP contribution in [0.2, 0.25) is 0 Å². The fraction of sp³-hybridized carbons (Fsp3) is 0.125. The number of alkyl halides is 3. The van der Waals surface area contributed by atoms with Crippen molar-refractivity contribution in [1.29, 1.82) is 0 Å². The standard InChI is InChI=1S/C16H12BrCl3N4O3S/c17-10-3-5-11(6-4-10)21-15(28)23-14(16(18,19)20)22-13(25)9-1-7-12(8-2-9)24(26)27/h1-8,14H,(H,22,25)(H2,21,23,28). The summed E-state index contributed by atoms with van der Waals surface area (Å²) in [7, 11) is 0. The number of anilines is 1. The molecule has 12 heteroatoms. The van der Waals surface area contributed by atoms with E-state index in [1.807, 2.05) is 12.1 Å². The van der Waals surface area contributed by atoms with Gasteiger partial charge < -0.3 is 16.0 Å². The van der Waals surface area contributed by atoms with Crippen LogP contribution in [0.25, 0.3) is 0 Å². The van der Waals surface area contributed by atoms with Gasteiger partial charge in [0.15, 0.2) is 5.11 Å². The molecule has 148 valence electrons. The van der Waals surface area contributed by atoms with Crippen molar-refractivity contribution < 1.29 is 9.72 Å². The Morgan fingerprint density at radius 2 is 1.64 bits per heavy atom. The molecule has 3 N–H and O–H groups in total. The number of hydrogen-bond acceptors (Lipinski definition) is 4. The van der Waals surface area contributed by atoms with Crippen LogP contribution in [0.4, 0.5) is 11.4 Å². The van der Waals surface area contributed by atoms with Gasteiger partial charge in [-0.1, -0.05) is 50.7 Å². The molecule has 7 nitrogen and oxygen atoms in total. The van der Waals surface area contributed by atoms with Crippen LogP contribution in [0.5, 0.6) is 0 Å². The van der Waals surface area contributed by atoms with Crippen LogP contribution in [0, 0.1) is 10.1 Å². The van der Waals surface area contributed by atoms with E-state index in [4.69, 9.17) is 47.0 Å². The highest BCUT2D eigenvalue weighted by atomic mass is 79.9. The number of rotatable bonds is 5. The molecular formula is C16H12BrCl3N4O3S. The van der Waals surface area contributed by atoms with Crippen LogP contribution in [-0.4, -0.2) is 25.9 Å². The molecule has 1 atom stereocenters. The molecule has 1 unspecified atom stereocenters. The van der Waals surface area contributed by atoms with Gasteiger partial charge in [-0.25, -0.2) is 0 Å². The first-order valence-corrected chi connectivity index (χ1v) is 9.85. The van der Waals surface area contributed by atoms with Crippen molar-refractivity contribution in [2.75, 3.05) is 5.32 Å². The number of hydrogen-bond donors (Lipinski definition) is 3. The molecule has 0 saturated heterocycles. The molecule has 0 aliphatic heterocycles. The minimum Gasteiger partial charge on any atom is -0.339 e. The summed E-state index contributed by atoms with van der Waals surface area (Å²) >= 11 is 26.3. The lowest BCUT2D eigenvalue weighted by atomic mass is 10.2. The van der Waals surface area contributed by atoms with Crippen LogP contribution in [0.3, 0.4) is 0 Å². The first kappa shape index (κ1) is 22.6. The molecular weight excluding hydrogens is 515 g/mol. The first-order valence-electron chi connectivity index (χ1n) is 7.51. The Kier molecular flexibility index (Phi) is 7.85. The van der Waals surface area contributed by atoms with E-state index in [2.05, 4.69) is 31.9 Å². The fourth-order valence-electron chi connectivity index (χ4n) is 1.98. The average molecular weight is 527 g/mol. The Labute approximate surface area is 189 Å². The number of nitrogens with one attached hydrogen (secondary N) is 3. The van der Waals surface area contributed by atoms with E-state index in [1.54, 1.807) is 12.1 Å². The largest absolute Gasteiger partial charge is 0.339 e. The molecule has 0 bridgehead atoms. The van der Waals surface area contributed by atoms with Gasteiger partial charge >= 0.3 is 0 Å². The minimum absolute atomic E-state index is 0.114. The van der Waals surface area contributed by atoms with Gasteiger partial charge in [-0.2, -0.15) is 0 Å². The predicted octanol–water partition coefficient (Wildman–Crippen LogP) is 4.77. The van der Waals surface area contributed by atoms with Crippen LogP contribution in [0.15, 0.2) is 53.0 Å². The lowest BCUT2D eigenvalue weighted by molar-refractivity contribution is -0.384. The summed E-state index contributed by atoms with van der Waals surface area (Å²) in [5, 5.41) is 18.9. The number of halogens is 4. The summed E-state index contributed by atoms with van der Waals surface area (Å²) in [6.07, 6.45) is -1.17. The molecule has 2 rings (SSSR count). The molecule has 0 radical (unpaired) electrons. The van der Waals surface area contributed by atoms with E-state index in [1.165, 1.54) is 24.3 Å². The van der Waals surface area contributed by atoms with E-state index >= 15 is 0 Å². The molecule has 0 heterocycles. The quantitative estimate of drug-likeness (QED) is 0.171. The smallest absolute Gasteiger partial charge is 0.269 e. The number of thiocarbonyl (C=S) groups is 1. The molecule has 2 aromatic rings. The Hall–Kier alpha value is -1.65. The summed E-state index contributed by atoms with van der Waals surface area (Å²) in [6.45, 7) is 0. The zero-order valence-electron chi connectivity index (χ0n) is 13.8. The SMILES string of the molecule is O=C(NC(NC(=S)Nc1ccc(Br)cc1)C(Cl)(Cl)Cl)c1ccc([N+](=O)[O-])cc1. The monoisotopic (exact) mass is 524 g/mol. The van der Waals surface area contributed by atoms with E-state index < -0.39 is 20.8 Å². The lowest BCUT2D eigenvalue weighted by Gasteiger charge is -2.27. The lowest BCUT2D eigenvalue weighted by Crippen LogP contribution is -2.56. The van der Waals surface area contributed by atoms with E-state index in [0.717, 1.165) is 4.47 Å². The van der Waals surface area contributed by atoms with Crippen molar-refractivity contribution in [3.63, 3.8) is 0 Å². The van der Waals surface area contributed by atoms with Crippen molar-refractivity contribution in [2.24, 2.45) is 0 Å². The second-order valence-corrected chi connectivity index (χ2v) is 9.05. The maximum atomic E-state index is 12.4. The van der Waals surface area contributed by atoms with Gasteiger partial charge in [0.05, 0.1) is 4.92 Å². The number of carbonyl (C=O) groups is 1. The van der Waals surface area contributed by atoms with Gasteiger partial charge in [0.1, 0.15) is 6.17 Å². The summed E-state index contributed by atoms with van der Waals surface area (Å²) in [5.41, 5.74) is 0.691. The zero-order valence-corrected chi connectivity index (χ0v) is 18.5. The van der Waals surface area contributed by atoms with Crippen LogP contribution in [0.1, 0.15) is 10.4 Å². The normalized spacial score (nSPS) is 12.0. The topological polar surface area (TPSA) is 96.3 Å². The van der Waals surface area contributed by atoms with Gasteiger partial charge in [-0.15, -0.1) is 0 Å². The van der Waals surface area contributed by atoms with Crippen LogP contribution in [-0.2, 0) is 0 Å². The second-order valence-electron chi connectivity index (χ2n) is 5.36. The highest BCUT2D eigenvalue weighted by Gasteiger charge is 2.35. The predicted molar refractivity (Wildman–Crippen MR) is 118 cm³/mol. The molecule has 1 amide bonds. The van der Waals surface area contributed by atoms with Gasteiger partial charge in [-0.3, -0.25) is 14.9 Å². The summed E-state index contributed by atoms with van der Waals surface area (Å²) in [4.78, 5) is 22.5. The minimum atomic E-state index is -1.93. The first-order chi connectivity index (χ1) is 13.1. The van der Waals surface area contributed by atoms with Crippen LogP contribution < -0.4 is 16.0 Å². The maximum Gasteiger partial charge on any atom is 0.269 e. The number of non-ortho nitro benzene ring substituents is 1. The Morgan fingerprint density at radius 1 is 1.07 bits per heavy atom. The molecule has 0 aliphatic rings. The number of nitrogens with zero attached hydrogens (tertiary/aromatic N) is 1. The number of benzene rings is 2. The fourth-order valence-corrected chi connectivity index (χ4v) is 2.81. The molecule has 0 spiro atoms. The molecule has 28 heavy (non-hydrogen) atoms. The molecule has 0 aliphatic carbocycles. The number of nitro groups is 1. The maximum absolute atomic E-state index is 12.4. The Balaban J connectivity index is 2.06. The average Bonchev–Trinajstić information content (AvgIpc) is 2.62. The third kappa shape index (κ3) is 6.75. The van der Waals surface area contributed by atoms with Gasteiger partial charge in [-0.05, 0) is 48.6 Å². The number of carbonyl (C=O) groups excluding carboxylic acids is 1. The summed E-state index contributed by atoms with van der Waals surface area (Å²) in [5.74, 6) is -0.606. The highest BCUT2D eigenvalue weighted by Crippen LogP contribution is 2.29. The molecule has 0 saturated carbocycles. The number of nitro benzene ring substituents is 1. The Bertz CT molecular complexity index is 876. The summed E-state index contributed by atoms with van der Waals surface area (Å²) < 4.78 is -1.03. The second kappa shape index (κ2) is 9.71. The zero-order chi connectivity index (χ0) is 20.9. The van der Waals surface area contributed by atoms with Crippen molar-refractivity contribution in [2.45, 2.75) is 9.96 Å². The third-order valence-electron chi connectivity index (χ3n) is 3.32. The van der Waals surface area contributed by atoms with Crippen molar-refractivity contribution in [1.82, 2.24) is 10.6 Å². The third-order valence-corrected chi connectivity index (χ3v) is 4.72. The highest BCUT2D eigenvalue weighted by molar-refractivity contribution is 9.10. The van der Waals surface area contributed by atoms with Gasteiger partial charge in [0.25, 0.3) is 11.6 Å². The number of amides is 1. The van der Waals surface area contributed by atoms with E-state index in [-0.39, 0.29) is 16.4 Å². The van der Waals surface area contributed by atoms with Crippen molar-refractivity contribution in [3.8, 4) is 0 Å². The summed E-state index contributed by atoms with van der Waals surface area (Å²) in [6, 6.07) is 12.2. The van der Waals surface area contributed by atoms with Gasteiger partial charge in [0.2, 0.25) is 3.79 Å². The molecule has 0 aromatic heterocycles.